The van der Waals surface area contributed by atoms with Gasteiger partial charge in [0.1, 0.15) is 6.17 Å². The van der Waals surface area contributed by atoms with Crippen LogP contribution in [0.25, 0.3) is 5.65 Å². The van der Waals surface area contributed by atoms with Gasteiger partial charge in [-0.25, -0.2) is 14.2 Å². The number of hydrogen-bond donors (Lipinski definition) is 2. The predicted octanol–water partition coefficient (Wildman–Crippen LogP) is 3.22. The smallest absolute Gasteiger partial charge is 0.422 e. The third-order valence-electron chi connectivity index (χ3n) is 5.21. The first-order valence-electron chi connectivity index (χ1n) is 9.93. The van der Waals surface area contributed by atoms with Crippen LogP contribution in [-0.4, -0.2) is 62.7 Å². The summed E-state index contributed by atoms with van der Waals surface area (Å²) in [6.45, 7) is 8.07. The van der Waals surface area contributed by atoms with Gasteiger partial charge in [0.05, 0.1) is 6.04 Å². The second-order valence-electron chi connectivity index (χ2n) is 7.62. The van der Waals surface area contributed by atoms with E-state index in [4.69, 9.17) is 4.74 Å². The Morgan fingerprint density at radius 3 is 2.94 bits per heavy atom. The number of anilines is 1. The Bertz CT molecular complexity index is 993. The van der Waals surface area contributed by atoms with Gasteiger partial charge in [0.15, 0.2) is 23.2 Å². The van der Waals surface area contributed by atoms with Crippen LogP contribution < -0.4 is 14.8 Å². The van der Waals surface area contributed by atoms with Crippen molar-refractivity contribution in [1.29, 1.82) is 0 Å². The Morgan fingerprint density at radius 1 is 1.45 bits per heavy atom. The van der Waals surface area contributed by atoms with Gasteiger partial charge in [0.25, 0.3) is 0 Å². The van der Waals surface area contributed by atoms with E-state index >= 15 is 0 Å². The minimum atomic E-state index is -4.43. The number of hydrogen-bond acceptors (Lipinski definition) is 8. The van der Waals surface area contributed by atoms with Crippen LogP contribution in [-0.2, 0) is 0 Å². The van der Waals surface area contributed by atoms with E-state index in [9.17, 15) is 13.2 Å². The van der Waals surface area contributed by atoms with Crippen LogP contribution in [0.15, 0.2) is 29.8 Å². The van der Waals surface area contributed by atoms with Crippen molar-refractivity contribution in [2.75, 3.05) is 25.0 Å². The van der Waals surface area contributed by atoms with E-state index in [1.54, 1.807) is 24.9 Å². The number of fused-ring (bicyclic) bond motifs is 1. The maximum Gasteiger partial charge on any atom is 0.422 e. The van der Waals surface area contributed by atoms with Crippen LogP contribution >= 0.6 is 11.9 Å². The molecule has 2 aliphatic heterocycles. The number of aromatic nitrogens is 3. The molecule has 1 fully saturated rings. The zero-order valence-electron chi connectivity index (χ0n) is 17.2. The summed E-state index contributed by atoms with van der Waals surface area (Å²) in [6, 6.07) is 3.02. The summed E-state index contributed by atoms with van der Waals surface area (Å²) >= 11 is 1.54. The van der Waals surface area contributed by atoms with E-state index < -0.39 is 12.8 Å². The van der Waals surface area contributed by atoms with Gasteiger partial charge in [0, 0.05) is 24.7 Å². The van der Waals surface area contributed by atoms with Crippen molar-refractivity contribution >= 4 is 28.7 Å². The van der Waals surface area contributed by atoms with Crippen molar-refractivity contribution in [3.63, 3.8) is 0 Å². The second kappa shape index (κ2) is 8.58. The fraction of sp³-hybridized carbons (Fsp3) is 0.526. The van der Waals surface area contributed by atoms with Crippen molar-refractivity contribution < 1.29 is 17.9 Å². The standard InChI is InChI=1S/C19H24F3N7OS/c1-4-14(13-7-8-28(9-13)18-23-12(3)27-31-18)24-17-25-16-15(30-10-19(20,21)22)6-5-11(2)29(16)26-17/h4-6,12-14,27H,1,7-10H2,2-3H3,(H,24,26). The average molecular weight is 456 g/mol. The molecule has 4 rings (SSSR count). The van der Waals surface area contributed by atoms with Gasteiger partial charge in [-0.2, -0.15) is 18.2 Å². The molecular weight excluding hydrogens is 431 g/mol. The molecule has 0 aromatic carbocycles. The molecule has 2 N–H and O–H groups in total. The summed E-state index contributed by atoms with van der Waals surface area (Å²) in [4.78, 5) is 11.2. The van der Waals surface area contributed by atoms with Crippen LogP contribution in [0.1, 0.15) is 19.0 Å². The zero-order chi connectivity index (χ0) is 22.2. The number of aryl methyl sites for hydroxylation is 1. The van der Waals surface area contributed by atoms with Gasteiger partial charge in [-0.05, 0) is 44.3 Å². The van der Waals surface area contributed by atoms with E-state index in [-0.39, 0.29) is 29.5 Å². The minimum Gasteiger partial charge on any atom is -0.480 e. The molecule has 2 aliphatic rings. The average Bonchev–Trinajstić information content (AvgIpc) is 3.44. The quantitative estimate of drug-likeness (QED) is 0.512. The molecule has 0 amide bonds. The number of likely N-dealkylation sites (tertiary alicyclic amines) is 1. The number of alkyl halides is 3. The Hall–Kier alpha value is -2.47. The van der Waals surface area contributed by atoms with Crippen LogP contribution in [0.2, 0.25) is 0 Å². The fourth-order valence-electron chi connectivity index (χ4n) is 3.67. The molecule has 31 heavy (non-hydrogen) atoms. The minimum absolute atomic E-state index is 0.0311. The first-order chi connectivity index (χ1) is 14.7. The number of nitrogens with zero attached hydrogens (tertiary/aromatic N) is 5. The molecular formula is C19H24F3N7OS. The van der Waals surface area contributed by atoms with E-state index in [2.05, 4.69) is 36.6 Å². The summed E-state index contributed by atoms with van der Waals surface area (Å²) < 4.78 is 47.4. The number of rotatable bonds is 6. The molecule has 0 bridgehead atoms. The lowest BCUT2D eigenvalue weighted by Crippen LogP contribution is -2.32. The number of nitrogens with one attached hydrogen (secondary N) is 2. The number of ether oxygens (including phenoxy) is 1. The van der Waals surface area contributed by atoms with Crippen LogP contribution in [0.3, 0.4) is 0 Å². The van der Waals surface area contributed by atoms with E-state index in [1.165, 1.54) is 10.6 Å². The van der Waals surface area contributed by atoms with Gasteiger partial charge >= 0.3 is 6.18 Å². The lowest BCUT2D eigenvalue weighted by Gasteiger charge is -2.22. The third-order valence-corrected chi connectivity index (χ3v) is 6.21. The molecule has 0 aliphatic carbocycles. The largest absolute Gasteiger partial charge is 0.480 e. The van der Waals surface area contributed by atoms with Crippen LogP contribution in [0.5, 0.6) is 5.75 Å². The Morgan fingerprint density at radius 2 is 2.26 bits per heavy atom. The van der Waals surface area contributed by atoms with Gasteiger partial charge < -0.3 is 15.0 Å². The molecule has 0 radical (unpaired) electrons. The third kappa shape index (κ3) is 4.90. The highest BCUT2D eigenvalue weighted by molar-refractivity contribution is 8.12. The van der Waals surface area contributed by atoms with Gasteiger partial charge in [-0.15, -0.1) is 11.7 Å². The number of aliphatic imine (C=N–C) groups is 1. The number of amidine groups is 1. The lowest BCUT2D eigenvalue weighted by molar-refractivity contribution is -0.153. The van der Waals surface area contributed by atoms with Crippen LogP contribution in [0.4, 0.5) is 19.1 Å². The molecule has 0 saturated carbocycles. The highest BCUT2D eigenvalue weighted by Crippen LogP contribution is 2.28. The molecule has 3 atom stereocenters. The predicted molar refractivity (Wildman–Crippen MR) is 114 cm³/mol. The Labute approximate surface area is 182 Å². The van der Waals surface area contributed by atoms with Crippen molar-refractivity contribution in [3.8, 4) is 5.75 Å². The first-order valence-corrected chi connectivity index (χ1v) is 10.8. The van der Waals surface area contributed by atoms with Crippen molar-refractivity contribution in [3.05, 3.63) is 30.5 Å². The zero-order valence-corrected chi connectivity index (χ0v) is 18.0. The summed E-state index contributed by atoms with van der Waals surface area (Å²) in [7, 11) is 0. The molecule has 1 saturated heterocycles. The summed E-state index contributed by atoms with van der Waals surface area (Å²) in [6.07, 6.45) is -1.56. The highest BCUT2D eigenvalue weighted by Gasteiger charge is 2.33. The van der Waals surface area contributed by atoms with Crippen LogP contribution in [0, 0.1) is 12.8 Å². The lowest BCUT2D eigenvalue weighted by atomic mass is 9.99. The van der Waals surface area contributed by atoms with Crippen molar-refractivity contribution in [2.45, 2.75) is 38.7 Å². The molecule has 2 aromatic rings. The molecule has 168 valence electrons. The molecule has 3 unspecified atom stereocenters. The van der Waals surface area contributed by atoms with E-state index in [0.717, 1.165) is 30.4 Å². The van der Waals surface area contributed by atoms with Gasteiger partial charge in [-0.1, -0.05) is 6.08 Å². The summed E-state index contributed by atoms with van der Waals surface area (Å²) in [5.41, 5.74) is 0.967. The maximum atomic E-state index is 12.6. The topological polar surface area (TPSA) is 79.1 Å². The molecule has 0 spiro atoms. The molecule has 4 heterocycles. The fourth-order valence-corrected chi connectivity index (χ4v) is 4.50. The van der Waals surface area contributed by atoms with Gasteiger partial charge in [-0.3, -0.25) is 0 Å². The van der Waals surface area contributed by atoms with Crippen molar-refractivity contribution in [2.24, 2.45) is 10.9 Å². The van der Waals surface area contributed by atoms with Gasteiger partial charge in [0.2, 0.25) is 5.95 Å². The molecule has 2 aromatic heterocycles. The highest BCUT2D eigenvalue weighted by atomic mass is 32.2. The second-order valence-corrected chi connectivity index (χ2v) is 8.43. The first kappa shape index (κ1) is 21.8. The number of pyridine rings is 1. The summed E-state index contributed by atoms with van der Waals surface area (Å²) in [5.74, 6) is 0.617. The maximum absolute atomic E-state index is 12.6. The number of halogens is 3. The van der Waals surface area contributed by atoms with E-state index in [0.29, 0.717) is 5.95 Å². The molecule has 12 heteroatoms. The van der Waals surface area contributed by atoms with E-state index in [1.807, 2.05) is 13.0 Å². The molecule has 8 nitrogen and oxygen atoms in total. The normalized spacial score (nSPS) is 22.6. The monoisotopic (exact) mass is 455 g/mol. The Kier molecular flexibility index (Phi) is 6.02. The van der Waals surface area contributed by atoms with Crippen molar-refractivity contribution in [1.82, 2.24) is 24.2 Å². The Balaban J connectivity index is 1.49. The summed E-state index contributed by atoms with van der Waals surface area (Å²) in [5, 5.41) is 8.69. The SMILES string of the molecule is C=CC(Nc1nc2c(OCC(F)(F)F)ccc(C)n2n1)C1CCN(C2=NC(C)NS2)C1.